The zero-order valence-electron chi connectivity index (χ0n) is 12.6. The van der Waals surface area contributed by atoms with Crippen LogP contribution in [-0.4, -0.2) is 18.5 Å². The first kappa shape index (κ1) is 16.4. The first-order valence-electron chi connectivity index (χ1n) is 7.28. The summed E-state index contributed by atoms with van der Waals surface area (Å²) in [5.74, 6) is 0.711. The van der Waals surface area contributed by atoms with Gasteiger partial charge in [0.1, 0.15) is 5.75 Å². The van der Waals surface area contributed by atoms with Crippen molar-refractivity contribution in [2.75, 3.05) is 17.2 Å². The first-order chi connectivity index (χ1) is 11.1. The lowest BCUT2D eigenvalue weighted by Gasteiger charge is -2.08. The van der Waals surface area contributed by atoms with Gasteiger partial charge in [-0.15, -0.1) is 0 Å². The highest BCUT2D eigenvalue weighted by atomic mass is 16.5. The van der Waals surface area contributed by atoms with E-state index in [9.17, 15) is 9.59 Å². The van der Waals surface area contributed by atoms with Crippen LogP contribution < -0.4 is 21.1 Å². The molecule has 120 valence electrons. The Kier molecular flexibility index (Phi) is 5.99. The zero-order chi connectivity index (χ0) is 16.5. The number of benzene rings is 2. The molecule has 3 amide bonds. The van der Waals surface area contributed by atoms with Crippen LogP contribution in [0.1, 0.15) is 12.8 Å². The van der Waals surface area contributed by atoms with Crippen molar-refractivity contribution in [1.29, 1.82) is 0 Å². The van der Waals surface area contributed by atoms with Gasteiger partial charge >= 0.3 is 6.03 Å². The third-order valence-corrected chi connectivity index (χ3v) is 3.00. The van der Waals surface area contributed by atoms with Crippen molar-refractivity contribution in [3.63, 3.8) is 0 Å². The van der Waals surface area contributed by atoms with E-state index in [-0.39, 0.29) is 5.91 Å². The number of nitrogens with two attached hydrogens (primary N) is 1. The second-order valence-corrected chi connectivity index (χ2v) is 4.88. The molecule has 0 spiro atoms. The number of amides is 3. The molecule has 0 bridgehead atoms. The zero-order valence-corrected chi connectivity index (χ0v) is 12.6. The predicted molar refractivity (Wildman–Crippen MR) is 89.4 cm³/mol. The number of hydrogen-bond acceptors (Lipinski definition) is 3. The molecule has 0 radical (unpaired) electrons. The quantitative estimate of drug-likeness (QED) is 0.686. The third kappa shape index (κ3) is 6.09. The number of para-hydroxylation sites is 1. The topological polar surface area (TPSA) is 93.5 Å². The van der Waals surface area contributed by atoms with E-state index in [1.165, 1.54) is 0 Å². The summed E-state index contributed by atoms with van der Waals surface area (Å²) in [7, 11) is 0. The van der Waals surface area contributed by atoms with Gasteiger partial charge in [-0.1, -0.05) is 18.2 Å². The Morgan fingerprint density at radius 3 is 2.13 bits per heavy atom. The number of hydrogen-bond donors (Lipinski definition) is 3. The van der Waals surface area contributed by atoms with Crippen molar-refractivity contribution in [2.45, 2.75) is 12.8 Å². The van der Waals surface area contributed by atoms with Gasteiger partial charge in [0.2, 0.25) is 5.91 Å². The summed E-state index contributed by atoms with van der Waals surface area (Å²) < 4.78 is 5.53. The number of rotatable bonds is 7. The summed E-state index contributed by atoms with van der Waals surface area (Å²) >= 11 is 0. The van der Waals surface area contributed by atoms with Crippen molar-refractivity contribution in [3.8, 4) is 5.75 Å². The Labute approximate surface area is 134 Å². The highest BCUT2D eigenvalue weighted by Gasteiger charge is 2.03. The molecule has 0 atom stereocenters. The Bertz CT molecular complexity index is 642. The van der Waals surface area contributed by atoms with Crippen molar-refractivity contribution < 1.29 is 14.3 Å². The van der Waals surface area contributed by atoms with Gasteiger partial charge in [-0.2, -0.15) is 0 Å². The molecule has 4 N–H and O–H groups in total. The van der Waals surface area contributed by atoms with Crippen LogP contribution in [0.3, 0.4) is 0 Å². The van der Waals surface area contributed by atoms with Gasteiger partial charge < -0.3 is 21.1 Å². The van der Waals surface area contributed by atoms with Gasteiger partial charge in [-0.3, -0.25) is 4.79 Å². The summed E-state index contributed by atoms with van der Waals surface area (Å²) in [5.41, 5.74) is 6.26. The van der Waals surface area contributed by atoms with Crippen LogP contribution in [-0.2, 0) is 4.79 Å². The maximum atomic E-state index is 11.8. The second-order valence-electron chi connectivity index (χ2n) is 4.88. The van der Waals surface area contributed by atoms with Crippen LogP contribution in [0.15, 0.2) is 54.6 Å². The summed E-state index contributed by atoms with van der Waals surface area (Å²) in [6.07, 6.45) is 0.996. The van der Waals surface area contributed by atoms with Gasteiger partial charge in [0.15, 0.2) is 0 Å². The van der Waals surface area contributed by atoms with Crippen molar-refractivity contribution in [3.05, 3.63) is 54.6 Å². The second kappa shape index (κ2) is 8.43. The van der Waals surface area contributed by atoms with Gasteiger partial charge in [0, 0.05) is 17.8 Å². The number of urea groups is 1. The highest BCUT2D eigenvalue weighted by Crippen LogP contribution is 2.14. The molecule has 0 heterocycles. The maximum absolute atomic E-state index is 11.8. The molecular weight excluding hydrogens is 294 g/mol. The van der Waals surface area contributed by atoms with Crippen LogP contribution >= 0.6 is 0 Å². The van der Waals surface area contributed by atoms with Crippen LogP contribution in [0.25, 0.3) is 0 Å². The Balaban J connectivity index is 1.69. The minimum atomic E-state index is -0.625. The number of carbonyl (C=O) groups is 2. The molecule has 0 saturated carbocycles. The molecule has 2 rings (SSSR count). The van der Waals surface area contributed by atoms with Gasteiger partial charge in [0.25, 0.3) is 0 Å². The number of primary amides is 1. The van der Waals surface area contributed by atoms with Crippen LogP contribution in [0.5, 0.6) is 5.75 Å². The molecule has 0 saturated heterocycles. The molecule has 0 aliphatic carbocycles. The summed E-state index contributed by atoms with van der Waals surface area (Å²) in [4.78, 5) is 22.5. The molecule has 23 heavy (non-hydrogen) atoms. The molecule has 0 unspecified atom stereocenters. The Morgan fingerprint density at radius 1 is 0.913 bits per heavy atom. The summed E-state index contributed by atoms with van der Waals surface area (Å²) in [5, 5.41) is 5.24. The monoisotopic (exact) mass is 313 g/mol. The van der Waals surface area contributed by atoms with E-state index < -0.39 is 6.03 Å². The molecule has 6 nitrogen and oxygen atoms in total. The lowest BCUT2D eigenvalue weighted by molar-refractivity contribution is -0.116. The smallest absolute Gasteiger partial charge is 0.316 e. The van der Waals surface area contributed by atoms with E-state index in [4.69, 9.17) is 10.5 Å². The normalized spacial score (nSPS) is 9.91. The molecule has 0 fully saturated rings. The predicted octanol–water partition coefficient (Wildman–Crippen LogP) is 2.97. The Hall–Kier alpha value is -3.02. The van der Waals surface area contributed by atoms with Crippen molar-refractivity contribution in [2.24, 2.45) is 5.73 Å². The fourth-order valence-corrected chi connectivity index (χ4v) is 1.94. The number of carbonyl (C=O) groups excluding carboxylic acids is 2. The third-order valence-electron chi connectivity index (χ3n) is 3.00. The molecule has 2 aromatic carbocycles. The van der Waals surface area contributed by atoms with E-state index in [1.54, 1.807) is 24.3 Å². The van der Waals surface area contributed by atoms with E-state index in [0.717, 1.165) is 5.75 Å². The molecule has 0 aliphatic heterocycles. The average molecular weight is 313 g/mol. The maximum Gasteiger partial charge on any atom is 0.316 e. The first-order valence-corrected chi connectivity index (χ1v) is 7.28. The van der Waals surface area contributed by atoms with Gasteiger partial charge in [-0.05, 0) is 42.8 Å². The number of nitrogens with one attached hydrogen (secondary N) is 2. The van der Waals surface area contributed by atoms with E-state index in [0.29, 0.717) is 30.8 Å². The van der Waals surface area contributed by atoms with E-state index >= 15 is 0 Å². The van der Waals surface area contributed by atoms with E-state index in [1.807, 2.05) is 30.3 Å². The molecule has 0 aliphatic rings. The minimum Gasteiger partial charge on any atom is -0.494 e. The minimum absolute atomic E-state index is 0.0859. The lowest BCUT2D eigenvalue weighted by Crippen LogP contribution is -2.19. The van der Waals surface area contributed by atoms with Crippen molar-refractivity contribution >= 4 is 23.3 Å². The molecular formula is C17H19N3O3. The highest BCUT2D eigenvalue weighted by molar-refractivity contribution is 5.91. The lowest BCUT2D eigenvalue weighted by atomic mass is 10.2. The van der Waals surface area contributed by atoms with Crippen LogP contribution in [0, 0.1) is 0 Å². The Morgan fingerprint density at radius 2 is 1.52 bits per heavy atom. The fraction of sp³-hybridized carbons (Fsp3) is 0.176. The average Bonchev–Trinajstić information content (AvgIpc) is 2.54. The standard InChI is InChI=1S/C17H19N3O3/c18-17(22)20-14-10-8-13(9-11-14)19-16(21)7-4-12-23-15-5-2-1-3-6-15/h1-3,5-6,8-11H,4,7,12H2,(H,19,21)(H3,18,20,22). The SMILES string of the molecule is NC(=O)Nc1ccc(NC(=O)CCCOc2ccccc2)cc1. The van der Waals surface area contributed by atoms with Crippen LogP contribution in [0.4, 0.5) is 16.2 Å². The molecule has 6 heteroatoms. The van der Waals surface area contributed by atoms with E-state index in [2.05, 4.69) is 10.6 Å². The summed E-state index contributed by atoms with van der Waals surface area (Å²) in [6.45, 7) is 0.485. The fourth-order valence-electron chi connectivity index (χ4n) is 1.94. The van der Waals surface area contributed by atoms with Crippen molar-refractivity contribution in [1.82, 2.24) is 0 Å². The molecule has 2 aromatic rings. The molecule has 0 aromatic heterocycles. The van der Waals surface area contributed by atoms with Gasteiger partial charge in [-0.25, -0.2) is 4.79 Å². The largest absolute Gasteiger partial charge is 0.494 e. The van der Waals surface area contributed by atoms with Crippen LogP contribution in [0.2, 0.25) is 0 Å². The van der Waals surface area contributed by atoms with Gasteiger partial charge in [0.05, 0.1) is 6.61 Å². The number of anilines is 2. The number of ether oxygens (including phenoxy) is 1. The summed E-state index contributed by atoms with van der Waals surface area (Å²) in [6, 6.07) is 15.6.